The highest BCUT2D eigenvalue weighted by atomic mass is 79.9. The van der Waals surface area contributed by atoms with E-state index in [1.165, 1.54) is 5.69 Å². The Hall–Kier alpha value is -0.390. The zero-order valence-electron chi connectivity index (χ0n) is 9.46. The summed E-state index contributed by atoms with van der Waals surface area (Å²) in [4.78, 5) is 0. The molecule has 1 N–H and O–H groups in total. The average molecular weight is 276 g/mol. The summed E-state index contributed by atoms with van der Waals surface area (Å²) < 4.78 is 8.01. The van der Waals surface area contributed by atoms with E-state index < -0.39 is 0 Å². The molecule has 0 aliphatic carbocycles. The second kappa shape index (κ2) is 6.25. The van der Waals surface area contributed by atoms with Crippen LogP contribution < -0.4 is 5.32 Å². The second-order valence-electron chi connectivity index (χ2n) is 3.48. The van der Waals surface area contributed by atoms with E-state index in [0.29, 0.717) is 6.04 Å². The molecule has 15 heavy (non-hydrogen) atoms. The molecular weight excluding hydrogens is 258 g/mol. The van der Waals surface area contributed by atoms with Gasteiger partial charge in [0.25, 0.3) is 0 Å². The summed E-state index contributed by atoms with van der Waals surface area (Å²) in [5, 5.41) is 7.51. The third-order valence-corrected chi connectivity index (χ3v) is 3.07. The molecule has 1 aromatic rings. The van der Waals surface area contributed by atoms with Crippen LogP contribution >= 0.6 is 15.9 Å². The van der Waals surface area contributed by atoms with Gasteiger partial charge in [-0.1, -0.05) is 0 Å². The zero-order chi connectivity index (χ0) is 11.3. The number of ether oxygens (including phenoxy) is 1. The number of hydrogen-bond donors (Lipinski definition) is 1. The monoisotopic (exact) mass is 275 g/mol. The molecule has 5 heteroatoms. The number of aryl methyl sites for hydroxylation is 1. The van der Waals surface area contributed by atoms with E-state index in [9.17, 15) is 0 Å². The fourth-order valence-electron chi connectivity index (χ4n) is 1.66. The van der Waals surface area contributed by atoms with Gasteiger partial charge >= 0.3 is 0 Å². The molecule has 1 rings (SSSR count). The second-order valence-corrected chi connectivity index (χ2v) is 4.33. The molecule has 0 amide bonds. The van der Waals surface area contributed by atoms with Gasteiger partial charge in [-0.3, -0.25) is 4.68 Å². The number of hydrogen-bond acceptors (Lipinski definition) is 3. The minimum atomic E-state index is 0.321. The van der Waals surface area contributed by atoms with Gasteiger partial charge in [-0.15, -0.1) is 0 Å². The van der Waals surface area contributed by atoms with Gasteiger partial charge in [-0.25, -0.2) is 0 Å². The molecule has 1 atom stereocenters. The lowest BCUT2D eigenvalue weighted by Gasteiger charge is -2.17. The van der Waals surface area contributed by atoms with E-state index in [-0.39, 0.29) is 0 Å². The van der Waals surface area contributed by atoms with Crippen molar-refractivity contribution < 1.29 is 4.74 Å². The third kappa shape index (κ3) is 3.29. The van der Waals surface area contributed by atoms with Crippen molar-refractivity contribution in [3.8, 4) is 0 Å². The van der Waals surface area contributed by atoms with Crippen molar-refractivity contribution >= 4 is 15.9 Å². The molecule has 0 bridgehead atoms. The summed E-state index contributed by atoms with van der Waals surface area (Å²) in [7, 11) is 5.66. The first-order valence-corrected chi connectivity index (χ1v) is 5.83. The molecule has 4 nitrogen and oxygen atoms in total. The fourth-order valence-corrected chi connectivity index (χ4v) is 2.29. The van der Waals surface area contributed by atoms with Gasteiger partial charge in [0, 0.05) is 20.8 Å². The van der Waals surface area contributed by atoms with E-state index in [2.05, 4.69) is 26.3 Å². The Kier molecular flexibility index (Phi) is 5.28. The van der Waals surface area contributed by atoms with E-state index in [1.807, 2.05) is 25.0 Å². The largest absolute Gasteiger partial charge is 0.385 e. The highest BCUT2D eigenvalue weighted by Gasteiger charge is 2.16. The van der Waals surface area contributed by atoms with Crippen LogP contribution in [-0.2, 0) is 11.8 Å². The Morgan fingerprint density at radius 3 is 2.87 bits per heavy atom. The van der Waals surface area contributed by atoms with Gasteiger partial charge in [0.1, 0.15) is 0 Å². The molecule has 0 saturated carbocycles. The summed E-state index contributed by atoms with van der Waals surface area (Å²) in [6, 6.07) is 0.321. The van der Waals surface area contributed by atoms with Crippen LogP contribution in [0.4, 0.5) is 0 Å². The number of aromatic nitrogens is 2. The summed E-state index contributed by atoms with van der Waals surface area (Å²) >= 11 is 3.51. The van der Waals surface area contributed by atoms with E-state index in [0.717, 1.165) is 23.9 Å². The van der Waals surface area contributed by atoms with Gasteiger partial charge < -0.3 is 10.1 Å². The maximum Gasteiger partial charge on any atom is 0.0692 e. The van der Waals surface area contributed by atoms with Crippen molar-refractivity contribution in [1.82, 2.24) is 15.1 Å². The molecule has 0 spiro atoms. The highest BCUT2D eigenvalue weighted by Crippen LogP contribution is 2.25. The SMILES string of the molecule is CNC(CCCOC)c1c(Br)cnn1C. The Balaban J connectivity index is 2.65. The number of halogens is 1. The predicted octanol–water partition coefficient (Wildman–Crippen LogP) is 1.87. The molecule has 1 unspecified atom stereocenters. The summed E-state index contributed by atoms with van der Waals surface area (Å²) in [5.41, 5.74) is 1.19. The molecule has 0 saturated heterocycles. The van der Waals surface area contributed by atoms with Crippen LogP contribution in [0.1, 0.15) is 24.6 Å². The van der Waals surface area contributed by atoms with Crippen molar-refractivity contribution in [3.05, 3.63) is 16.4 Å². The molecule has 1 heterocycles. The van der Waals surface area contributed by atoms with Crippen molar-refractivity contribution in [2.24, 2.45) is 7.05 Å². The first-order chi connectivity index (χ1) is 7.20. The molecular formula is C10H18BrN3O. The molecule has 86 valence electrons. The number of nitrogens with zero attached hydrogens (tertiary/aromatic N) is 2. The van der Waals surface area contributed by atoms with Crippen molar-refractivity contribution in [1.29, 1.82) is 0 Å². The Labute approximate surface area is 99.1 Å². The lowest BCUT2D eigenvalue weighted by atomic mass is 10.1. The molecule has 0 fully saturated rings. The number of methoxy groups -OCH3 is 1. The standard InChI is InChI=1S/C10H18BrN3O/c1-12-9(5-4-6-15-3)10-8(11)7-13-14(10)2/h7,9,12H,4-6H2,1-3H3. The van der Waals surface area contributed by atoms with Crippen molar-refractivity contribution in [3.63, 3.8) is 0 Å². The third-order valence-electron chi connectivity index (χ3n) is 2.46. The van der Waals surface area contributed by atoms with Crippen molar-refractivity contribution in [2.45, 2.75) is 18.9 Å². The number of rotatable bonds is 6. The lowest BCUT2D eigenvalue weighted by molar-refractivity contribution is 0.188. The van der Waals surface area contributed by atoms with Gasteiger partial charge in [0.05, 0.1) is 22.4 Å². The quantitative estimate of drug-likeness (QED) is 0.806. The lowest BCUT2D eigenvalue weighted by Crippen LogP contribution is -2.20. The predicted molar refractivity (Wildman–Crippen MR) is 63.8 cm³/mol. The van der Waals surface area contributed by atoms with E-state index >= 15 is 0 Å². The minimum absolute atomic E-state index is 0.321. The Morgan fingerprint density at radius 1 is 1.67 bits per heavy atom. The normalized spacial score (nSPS) is 13.1. The summed E-state index contributed by atoms with van der Waals surface area (Å²) in [5.74, 6) is 0. The first kappa shape index (κ1) is 12.7. The Bertz CT molecular complexity index is 281. The highest BCUT2D eigenvalue weighted by molar-refractivity contribution is 9.10. The van der Waals surface area contributed by atoms with Crippen LogP contribution in [0.15, 0.2) is 10.7 Å². The maximum atomic E-state index is 5.05. The first-order valence-electron chi connectivity index (χ1n) is 5.04. The van der Waals surface area contributed by atoms with E-state index in [1.54, 1.807) is 7.11 Å². The van der Waals surface area contributed by atoms with E-state index in [4.69, 9.17) is 4.74 Å². The van der Waals surface area contributed by atoms with Crippen LogP contribution in [0.3, 0.4) is 0 Å². The smallest absolute Gasteiger partial charge is 0.0692 e. The average Bonchev–Trinajstić information content (AvgIpc) is 2.55. The van der Waals surface area contributed by atoms with Crippen LogP contribution in [-0.4, -0.2) is 30.5 Å². The molecule has 1 aromatic heterocycles. The molecule has 0 aliphatic rings. The summed E-state index contributed by atoms with van der Waals surface area (Å²) in [6.07, 6.45) is 3.91. The molecule has 0 aromatic carbocycles. The van der Waals surface area contributed by atoms with Crippen LogP contribution in [0.5, 0.6) is 0 Å². The van der Waals surface area contributed by atoms with Gasteiger partial charge in [0.2, 0.25) is 0 Å². The molecule has 0 aliphatic heterocycles. The molecule has 0 radical (unpaired) electrons. The zero-order valence-corrected chi connectivity index (χ0v) is 11.0. The summed E-state index contributed by atoms with van der Waals surface area (Å²) in [6.45, 7) is 0.799. The van der Waals surface area contributed by atoms with Gasteiger partial charge in [0.15, 0.2) is 0 Å². The van der Waals surface area contributed by atoms with Gasteiger partial charge in [-0.05, 0) is 35.8 Å². The number of nitrogens with one attached hydrogen (secondary N) is 1. The van der Waals surface area contributed by atoms with Crippen LogP contribution in [0.25, 0.3) is 0 Å². The van der Waals surface area contributed by atoms with Gasteiger partial charge in [-0.2, -0.15) is 5.10 Å². The van der Waals surface area contributed by atoms with Crippen molar-refractivity contribution in [2.75, 3.05) is 20.8 Å². The topological polar surface area (TPSA) is 39.1 Å². The Morgan fingerprint density at radius 2 is 2.40 bits per heavy atom. The van der Waals surface area contributed by atoms with Crippen LogP contribution in [0.2, 0.25) is 0 Å². The van der Waals surface area contributed by atoms with Crippen LogP contribution in [0, 0.1) is 0 Å². The fraction of sp³-hybridized carbons (Fsp3) is 0.700. The maximum absolute atomic E-state index is 5.05. The minimum Gasteiger partial charge on any atom is -0.385 e.